The van der Waals surface area contributed by atoms with Gasteiger partial charge in [-0.15, -0.1) is 0 Å². The standard InChI is InChI=1S/C8H16INO2/c1-2-3-7(4-5-9)6-10-8(11)12/h7,10H,2-6H2,1H3,(H,11,12). The van der Waals surface area contributed by atoms with Crippen LogP contribution in [0.15, 0.2) is 0 Å². The van der Waals surface area contributed by atoms with Crippen molar-refractivity contribution in [1.29, 1.82) is 0 Å². The first-order chi connectivity index (χ1) is 5.70. The van der Waals surface area contributed by atoms with Gasteiger partial charge in [0.2, 0.25) is 0 Å². The lowest BCUT2D eigenvalue weighted by molar-refractivity contribution is 0.192. The average molecular weight is 285 g/mol. The predicted molar refractivity (Wildman–Crippen MR) is 57.9 cm³/mol. The molecule has 0 rings (SSSR count). The number of carbonyl (C=O) groups is 1. The molecule has 0 aromatic heterocycles. The molecule has 72 valence electrons. The van der Waals surface area contributed by atoms with Gasteiger partial charge in [-0.1, -0.05) is 35.9 Å². The second-order valence-electron chi connectivity index (χ2n) is 2.82. The minimum absolute atomic E-state index is 0.517. The second kappa shape index (κ2) is 7.64. The Morgan fingerprint density at radius 3 is 2.67 bits per heavy atom. The van der Waals surface area contributed by atoms with E-state index < -0.39 is 6.09 Å². The molecule has 4 heteroatoms. The highest BCUT2D eigenvalue weighted by Gasteiger charge is 2.07. The van der Waals surface area contributed by atoms with Crippen LogP contribution in [-0.2, 0) is 0 Å². The first-order valence-electron chi connectivity index (χ1n) is 4.23. The molecule has 0 fully saturated rings. The number of halogens is 1. The predicted octanol–water partition coefficient (Wildman–Crippen LogP) is 2.50. The molecule has 2 N–H and O–H groups in total. The van der Waals surface area contributed by atoms with E-state index in [9.17, 15) is 4.79 Å². The number of nitrogens with one attached hydrogen (secondary N) is 1. The van der Waals surface area contributed by atoms with Crippen LogP contribution in [0.5, 0.6) is 0 Å². The monoisotopic (exact) mass is 285 g/mol. The van der Waals surface area contributed by atoms with Crippen molar-refractivity contribution in [2.75, 3.05) is 11.0 Å². The van der Waals surface area contributed by atoms with Gasteiger partial charge < -0.3 is 10.4 Å². The molecule has 1 unspecified atom stereocenters. The summed E-state index contributed by atoms with van der Waals surface area (Å²) < 4.78 is 1.10. The van der Waals surface area contributed by atoms with Crippen molar-refractivity contribution in [3.05, 3.63) is 0 Å². The van der Waals surface area contributed by atoms with Gasteiger partial charge in [-0.05, 0) is 23.2 Å². The molecular formula is C8H16INO2. The summed E-state index contributed by atoms with van der Waals surface area (Å²) in [5.41, 5.74) is 0. The van der Waals surface area contributed by atoms with Gasteiger partial charge in [0.15, 0.2) is 0 Å². The molecule has 0 heterocycles. The molecule has 0 spiro atoms. The first kappa shape index (κ1) is 12.0. The maximum atomic E-state index is 10.2. The molecule has 1 amide bonds. The van der Waals surface area contributed by atoms with Crippen LogP contribution in [0.2, 0.25) is 0 Å². The largest absolute Gasteiger partial charge is 0.465 e. The Kier molecular flexibility index (Phi) is 7.64. The maximum absolute atomic E-state index is 10.2. The van der Waals surface area contributed by atoms with Crippen LogP contribution in [0.4, 0.5) is 4.79 Å². The Morgan fingerprint density at radius 1 is 1.58 bits per heavy atom. The molecule has 0 radical (unpaired) electrons. The molecule has 0 aromatic carbocycles. The highest BCUT2D eigenvalue weighted by atomic mass is 127. The lowest BCUT2D eigenvalue weighted by Crippen LogP contribution is -2.27. The highest BCUT2D eigenvalue weighted by molar-refractivity contribution is 14.1. The molecule has 0 saturated carbocycles. The second-order valence-corrected chi connectivity index (χ2v) is 3.90. The third-order valence-electron chi connectivity index (χ3n) is 1.76. The molecule has 1 atom stereocenters. The number of alkyl halides is 1. The van der Waals surface area contributed by atoms with Crippen molar-refractivity contribution in [3.8, 4) is 0 Å². The molecule has 0 aliphatic rings. The van der Waals surface area contributed by atoms with Gasteiger partial charge in [0.05, 0.1) is 0 Å². The van der Waals surface area contributed by atoms with Crippen LogP contribution in [0, 0.1) is 5.92 Å². The van der Waals surface area contributed by atoms with Gasteiger partial charge in [-0.3, -0.25) is 0 Å². The van der Waals surface area contributed by atoms with Gasteiger partial charge in [0.1, 0.15) is 0 Å². The number of hydrogen-bond acceptors (Lipinski definition) is 1. The van der Waals surface area contributed by atoms with Crippen LogP contribution in [-0.4, -0.2) is 22.2 Å². The third kappa shape index (κ3) is 6.69. The average Bonchev–Trinajstić information content (AvgIpc) is 2.01. The van der Waals surface area contributed by atoms with Crippen molar-refractivity contribution in [2.45, 2.75) is 26.2 Å². The fourth-order valence-corrected chi connectivity index (χ4v) is 2.02. The summed E-state index contributed by atoms with van der Waals surface area (Å²) in [5, 5.41) is 10.8. The van der Waals surface area contributed by atoms with E-state index in [1.807, 2.05) is 0 Å². The lowest BCUT2D eigenvalue weighted by atomic mass is 10.0. The van der Waals surface area contributed by atoms with Crippen LogP contribution in [0.1, 0.15) is 26.2 Å². The molecule has 0 aliphatic heterocycles. The van der Waals surface area contributed by atoms with Crippen LogP contribution >= 0.6 is 22.6 Å². The number of hydrogen-bond donors (Lipinski definition) is 2. The number of amides is 1. The van der Waals surface area contributed by atoms with Crippen molar-refractivity contribution < 1.29 is 9.90 Å². The Morgan fingerprint density at radius 2 is 2.25 bits per heavy atom. The van der Waals surface area contributed by atoms with Gasteiger partial charge in [0, 0.05) is 6.54 Å². The Balaban J connectivity index is 3.54. The van der Waals surface area contributed by atoms with E-state index in [0.717, 1.165) is 23.7 Å². The Bertz CT molecular complexity index is 124. The Labute approximate surface area is 87.1 Å². The fraction of sp³-hybridized carbons (Fsp3) is 0.875. The van der Waals surface area contributed by atoms with E-state index in [-0.39, 0.29) is 0 Å². The van der Waals surface area contributed by atoms with Crippen molar-refractivity contribution in [2.24, 2.45) is 5.92 Å². The molecule has 0 bridgehead atoms. The molecule has 0 saturated heterocycles. The number of rotatable bonds is 6. The zero-order valence-electron chi connectivity index (χ0n) is 7.35. The highest BCUT2D eigenvalue weighted by Crippen LogP contribution is 2.11. The summed E-state index contributed by atoms with van der Waals surface area (Å²) in [4.78, 5) is 10.2. The Hall–Kier alpha value is 0. The topological polar surface area (TPSA) is 49.3 Å². The molecule has 0 aromatic rings. The summed E-state index contributed by atoms with van der Waals surface area (Å²) >= 11 is 2.32. The molecule has 0 aliphatic carbocycles. The summed E-state index contributed by atoms with van der Waals surface area (Å²) in [6.45, 7) is 2.73. The first-order valence-corrected chi connectivity index (χ1v) is 5.76. The van der Waals surface area contributed by atoms with E-state index >= 15 is 0 Å². The zero-order valence-corrected chi connectivity index (χ0v) is 9.50. The SMILES string of the molecule is CCCC(CCI)CNC(=O)O. The summed E-state index contributed by atoms with van der Waals surface area (Å²) in [5.74, 6) is 0.517. The quantitative estimate of drug-likeness (QED) is 0.582. The summed E-state index contributed by atoms with van der Waals surface area (Å²) in [7, 11) is 0. The fourth-order valence-electron chi connectivity index (χ4n) is 1.14. The lowest BCUT2D eigenvalue weighted by Gasteiger charge is -2.13. The van der Waals surface area contributed by atoms with Gasteiger partial charge in [-0.25, -0.2) is 4.79 Å². The smallest absolute Gasteiger partial charge is 0.404 e. The summed E-state index contributed by atoms with van der Waals surface area (Å²) in [6, 6.07) is 0. The maximum Gasteiger partial charge on any atom is 0.404 e. The van der Waals surface area contributed by atoms with Crippen LogP contribution in [0.3, 0.4) is 0 Å². The zero-order chi connectivity index (χ0) is 9.40. The van der Waals surface area contributed by atoms with E-state index in [2.05, 4.69) is 34.8 Å². The minimum atomic E-state index is -0.912. The normalized spacial score (nSPS) is 12.5. The van der Waals surface area contributed by atoms with Gasteiger partial charge in [-0.2, -0.15) is 0 Å². The van der Waals surface area contributed by atoms with E-state index in [4.69, 9.17) is 5.11 Å². The van der Waals surface area contributed by atoms with E-state index in [1.54, 1.807) is 0 Å². The molecule has 3 nitrogen and oxygen atoms in total. The van der Waals surface area contributed by atoms with E-state index in [0.29, 0.717) is 12.5 Å². The van der Waals surface area contributed by atoms with E-state index in [1.165, 1.54) is 0 Å². The van der Waals surface area contributed by atoms with Gasteiger partial charge >= 0.3 is 6.09 Å². The van der Waals surface area contributed by atoms with Crippen LogP contribution in [0.25, 0.3) is 0 Å². The van der Waals surface area contributed by atoms with Gasteiger partial charge in [0.25, 0.3) is 0 Å². The minimum Gasteiger partial charge on any atom is -0.465 e. The molecule has 12 heavy (non-hydrogen) atoms. The summed E-state index contributed by atoms with van der Waals surface area (Å²) in [6.07, 6.45) is 2.44. The van der Waals surface area contributed by atoms with Crippen molar-refractivity contribution in [1.82, 2.24) is 5.32 Å². The third-order valence-corrected chi connectivity index (χ3v) is 2.38. The van der Waals surface area contributed by atoms with Crippen molar-refractivity contribution in [3.63, 3.8) is 0 Å². The molecular weight excluding hydrogens is 269 g/mol. The number of carboxylic acid groups (broad SMARTS) is 1. The van der Waals surface area contributed by atoms with Crippen LogP contribution < -0.4 is 5.32 Å². The van der Waals surface area contributed by atoms with Crippen molar-refractivity contribution >= 4 is 28.7 Å².